The number of carbonyl (C=O) groups excluding carboxylic acids is 1. The Labute approximate surface area is 137 Å². The van der Waals surface area contributed by atoms with Crippen LogP contribution < -0.4 is 0 Å². The average molecular weight is 306 g/mol. The molecule has 0 N–H and O–H groups in total. The Balaban J connectivity index is 3.27. The lowest BCUT2D eigenvalue weighted by molar-refractivity contribution is -0.140. The monoisotopic (exact) mass is 306 g/mol. The number of carbonyl (C=O) groups is 1. The highest BCUT2D eigenvalue weighted by Gasteiger charge is 1.98. The molecule has 0 bridgehead atoms. The van der Waals surface area contributed by atoms with Gasteiger partial charge in [0.2, 0.25) is 0 Å². The minimum atomic E-state index is -0.0863. The van der Waals surface area contributed by atoms with Gasteiger partial charge in [-0.05, 0) is 38.5 Å². The molecule has 0 aliphatic carbocycles. The lowest BCUT2D eigenvalue weighted by Gasteiger charge is -1.99. The summed E-state index contributed by atoms with van der Waals surface area (Å²) in [5, 5.41) is 0. The third-order valence-electron chi connectivity index (χ3n) is 3.48. The van der Waals surface area contributed by atoms with Crippen LogP contribution in [0.1, 0.15) is 77.6 Å². The van der Waals surface area contributed by atoms with Crippen LogP contribution in [0, 0.1) is 0 Å². The van der Waals surface area contributed by atoms with Crippen molar-refractivity contribution in [2.45, 2.75) is 77.6 Å². The summed E-state index contributed by atoms with van der Waals surface area (Å²) < 4.78 is 4.62. The highest BCUT2D eigenvalue weighted by atomic mass is 16.5. The maximum atomic E-state index is 10.9. The average Bonchev–Trinajstić information content (AvgIpc) is 2.54. The molecule has 0 fully saturated rings. The van der Waals surface area contributed by atoms with Crippen LogP contribution in [0.15, 0.2) is 36.5 Å². The summed E-state index contributed by atoms with van der Waals surface area (Å²) in [6.45, 7) is 2.20. The highest BCUT2D eigenvalue weighted by Crippen LogP contribution is 2.08. The summed E-state index contributed by atoms with van der Waals surface area (Å²) in [6, 6.07) is 0. The lowest BCUT2D eigenvalue weighted by Crippen LogP contribution is -1.98. The van der Waals surface area contributed by atoms with E-state index in [-0.39, 0.29) is 5.97 Å². The summed E-state index contributed by atoms with van der Waals surface area (Å²) in [5.74, 6) is -0.0863. The number of hydrogen-bond acceptors (Lipinski definition) is 2. The molecule has 0 radical (unpaired) electrons. The van der Waals surface area contributed by atoms with Gasteiger partial charge in [0, 0.05) is 6.42 Å². The Bertz CT molecular complexity index is 327. The fraction of sp³-hybridized carbons (Fsp3) is 0.650. The molecule has 0 amide bonds. The van der Waals surface area contributed by atoms with E-state index in [2.05, 4.69) is 48.1 Å². The van der Waals surface area contributed by atoms with Crippen LogP contribution in [0.4, 0.5) is 0 Å². The van der Waals surface area contributed by atoms with E-state index in [9.17, 15) is 4.79 Å². The van der Waals surface area contributed by atoms with Crippen molar-refractivity contribution in [3.05, 3.63) is 36.5 Å². The first-order valence-electron chi connectivity index (χ1n) is 8.83. The first-order valence-corrected chi connectivity index (χ1v) is 8.83. The second kappa shape index (κ2) is 17.7. The molecule has 0 aromatic rings. The van der Waals surface area contributed by atoms with Crippen molar-refractivity contribution < 1.29 is 9.53 Å². The minimum absolute atomic E-state index is 0.0863. The zero-order valence-corrected chi connectivity index (χ0v) is 14.6. The third-order valence-corrected chi connectivity index (χ3v) is 3.48. The van der Waals surface area contributed by atoms with Crippen LogP contribution in [0.5, 0.6) is 0 Å². The Morgan fingerprint density at radius 2 is 1.32 bits per heavy atom. The molecule has 0 heterocycles. The van der Waals surface area contributed by atoms with E-state index >= 15 is 0 Å². The number of hydrogen-bond donors (Lipinski definition) is 0. The van der Waals surface area contributed by atoms with Crippen molar-refractivity contribution in [1.29, 1.82) is 0 Å². The van der Waals surface area contributed by atoms with Crippen molar-refractivity contribution in [3.63, 3.8) is 0 Å². The maximum absolute atomic E-state index is 10.9. The second-order valence-electron chi connectivity index (χ2n) is 5.56. The Morgan fingerprint density at radius 3 is 1.95 bits per heavy atom. The van der Waals surface area contributed by atoms with Crippen molar-refractivity contribution in [2.75, 3.05) is 7.11 Å². The fourth-order valence-corrected chi connectivity index (χ4v) is 2.11. The summed E-state index contributed by atoms with van der Waals surface area (Å²) in [4.78, 5) is 10.9. The van der Waals surface area contributed by atoms with Crippen molar-refractivity contribution in [3.8, 4) is 0 Å². The molecule has 126 valence electrons. The zero-order valence-electron chi connectivity index (χ0n) is 14.6. The Hall–Kier alpha value is -1.31. The Kier molecular flexibility index (Phi) is 16.7. The van der Waals surface area contributed by atoms with Crippen molar-refractivity contribution in [1.82, 2.24) is 0 Å². The molecular weight excluding hydrogens is 272 g/mol. The van der Waals surface area contributed by atoms with Gasteiger partial charge in [0.25, 0.3) is 0 Å². The molecule has 0 saturated carbocycles. The van der Waals surface area contributed by atoms with E-state index in [0.29, 0.717) is 6.42 Å². The van der Waals surface area contributed by atoms with Gasteiger partial charge in [-0.15, -0.1) is 0 Å². The molecule has 0 aliphatic heterocycles. The van der Waals surface area contributed by atoms with Gasteiger partial charge < -0.3 is 4.74 Å². The molecule has 0 spiro atoms. The van der Waals surface area contributed by atoms with E-state index in [1.165, 1.54) is 45.6 Å². The number of esters is 1. The molecular formula is C20H34O2. The maximum Gasteiger partial charge on any atom is 0.305 e. The first-order chi connectivity index (χ1) is 10.8. The van der Waals surface area contributed by atoms with E-state index in [0.717, 1.165) is 25.7 Å². The van der Waals surface area contributed by atoms with Crippen LogP contribution in [-0.2, 0) is 9.53 Å². The van der Waals surface area contributed by atoms with Gasteiger partial charge in [0.1, 0.15) is 0 Å². The van der Waals surface area contributed by atoms with E-state index in [4.69, 9.17) is 0 Å². The Morgan fingerprint density at radius 1 is 0.773 bits per heavy atom. The second-order valence-corrected chi connectivity index (χ2v) is 5.56. The van der Waals surface area contributed by atoms with Crippen LogP contribution in [-0.4, -0.2) is 13.1 Å². The quantitative estimate of drug-likeness (QED) is 0.219. The highest BCUT2D eigenvalue weighted by molar-refractivity contribution is 5.68. The van der Waals surface area contributed by atoms with Crippen molar-refractivity contribution >= 4 is 5.97 Å². The molecule has 0 atom stereocenters. The molecule has 0 saturated heterocycles. The van der Waals surface area contributed by atoms with Gasteiger partial charge >= 0.3 is 5.97 Å². The fourth-order valence-electron chi connectivity index (χ4n) is 2.11. The normalized spacial score (nSPS) is 11.9. The number of unbranched alkanes of at least 4 members (excludes halogenated alkanes) is 6. The SMILES string of the molecule is CCC/C=C\C/C=C\C/C=C\CCCCCCCC(=O)OC. The molecule has 0 unspecified atom stereocenters. The molecule has 0 aromatic heterocycles. The molecule has 0 aromatic carbocycles. The lowest BCUT2D eigenvalue weighted by atomic mass is 10.1. The smallest absolute Gasteiger partial charge is 0.305 e. The van der Waals surface area contributed by atoms with Gasteiger partial charge in [-0.1, -0.05) is 69.1 Å². The topological polar surface area (TPSA) is 26.3 Å². The van der Waals surface area contributed by atoms with Gasteiger partial charge in [-0.3, -0.25) is 4.79 Å². The third kappa shape index (κ3) is 16.7. The molecule has 2 nitrogen and oxygen atoms in total. The van der Waals surface area contributed by atoms with Crippen LogP contribution in [0.2, 0.25) is 0 Å². The summed E-state index contributed by atoms with van der Waals surface area (Å²) >= 11 is 0. The predicted octanol–water partition coefficient (Wildman–Crippen LogP) is 6.14. The van der Waals surface area contributed by atoms with Crippen LogP contribution in [0.3, 0.4) is 0 Å². The summed E-state index contributed by atoms with van der Waals surface area (Å²) in [6.07, 6.45) is 25.6. The zero-order chi connectivity index (χ0) is 16.3. The number of methoxy groups -OCH3 is 1. The molecule has 0 aliphatic rings. The van der Waals surface area contributed by atoms with Gasteiger partial charge in [-0.2, -0.15) is 0 Å². The number of allylic oxidation sites excluding steroid dienone is 6. The molecule has 2 heteroatoms. The molecule has 22 heavy (non-hydrogen) atoms. The molecule has 0 rings (SSSR count). The van der Waals surface area contributed by atoms with E-state index in [1.54, 1.807) is 0 Å². The first kappa shape index (κ1) is 20.7. The minimum Gasteiger partial charge on any atom is -0.469 e. The summed E-state index contributed by atoms with van der Waals surface area (Å²) in [5.41, 5.74) is 0. The van der Waals surface area contributed by atoms with Gasteiger partial charge in [-0.25, -0.2) is 0 Å². The van der Waals surface area contributed by atoms with Crippen LogP contribution in [0.25, 0.3) is 0 Å². The van der Waals surface area contributed by atoms with Gasteiger partial charge in [0.15, 0.2) is 0 Å². The standard InChI is InChI=1S/C20H34O2/c1-3-4-5-6-7-8-9-10-11-12-13-14-15-16-17-18-19-20(21)22-2/h5-6,8-9,11-12H,3-4,7,10,13-19H2,1-2H3/b6-5-,9-8-,12-11-. The number of ether oxygens (including phenoxy) is 1. The summed E-state index contributed by atoms with van der Waals surface area (Å²) in [7, 11) is 1.45. The predicted molar refractivity (Wildman–Crippen MR) is 95.9 cm³/mol. The number of rotatable bonds is 14. The largest absolute Gasteiger partial charge is 0.469 e. The van der Waals surface area contributed by atoms with E-state index < -0.39 is 0 Å². The van der Waals surface area contributed by atoms with Crippen molar-refractivity contribution in [2.24, 2.45) is 0 Å². The van der Waals surface area contributed by atoms with E-state index in [1.807, 2.05) is 0 Å². The van der Waals surface area contributed by atoms with Gasteiger partial charge in [0.05, 0.1) is 7.11 Å². The van der Waals surface area contributed by atoms with Crippen LogP contribution >= 0.6 is 0 Å².